The maximum Gasteiger partial charge on any atom is 0.238 e. The minimum absolute atomic E-state index is 0.0658. The number of para-hydroxylation sites is 1. The largest absolute Gasteiger partial charge is 0.324 e. The van der Waals surface area contributed by atoms with Gasteiger partial charge < -0.3 is 10.6 Å². The first-order valence-corrected chi connectivity index (χ1v) is 6.81. The third-order valence-corrected chi connectivity index (χ3v) is 3.67. The molecule has 4 nitrogen and oxygen atoms in total. The van der Waals surface area contributed by atoms with Crippen LogP contribution in [0.5, 0.6) is 0 Å². The lowest BCUT2D eigenvalue weighted by atomic mass is 10.3. The van der Waals surface area contributed by atoms with E-state index >= 15 is 0 Å². The van der Waals surface area contributed by atoms with Gasteiger partial charge in [-0.1, -0.05) is 12.1 Å². The highest BCUT2D eigenvalue weighted by molar-refractivity contribution is 14.1. The van der Waals surface area contributed by atoms with Gasteiger partial charge in [0.05, 0.1) is 12.2 Å². The Hall–Kier alpha value is -0.660. The lowest BCUT2D eigenvalue weighted by Gasteiger charge is -2.26. The van der Waals surface area contributed by atoms with Crippen molar-refractivity contribution in [1.82, 2.24) is 10.2 Å². The van der Waals surface area contributed by atoms with Crippen LogP contribution in [0.3, 0.4) is 0 Å². The van der Waals surface area contributed by atoms with Crippen LogP contribution >= 0.6 is 22.6 Å². The molecule has 5 heteroatoms. The highest BCUT2D eigenvalue weighted by Crippen LogP contribution is 2.16. The second-order valence-corrected chi connectivity index (χ2v) is 5.22. The molecule has 0 atom stereocenters. The molecule has 1 heterocycles. The molecule has 0 unspecified atom stereocenters. The van der Waals surface area contributed by atoms with E-state index in [1.54, 1.807) is 0 Å². The fourth-order valence-electron chi connectivity index (χ4n) is 1.82. The van der Waals surface area contributed by atoms with Crippen LogP contribution in [0.1, 0.15) is 0 Å². The molecule has 2 rings (SSSR count). The number of carbonyl (C=O) groups excluding carboxylic acids is 1. The highest BCUT2D eigenvalue weighted by Gasteiger charge is 2.13. The third-order valence-electron chi connectivity index (χ3n) is 2.72. The van der Waals surface area contributed by atoms with E-state index < -0.39 is 0 Å². The minimum Gasteiger partial charge on any atom is -0.324 e. The molecule has 0 bridgehead atoms. The van der Waals surface area contributed by atoms with E-state index in [2.05, 4.69) is 38.1 Å². The van der Waals surface area contributed by atoms with E-state index in [9.17, 15) is 4.79 Å². The van der Waals surface area contributed by atoms with E-state index in [0.717, 1.165) is 35.4 Å². The maximum absolute atomic E-state index is 11.9. The van der Waals surface area contributed by atoms with Crippen molar-refractivity contribution in [3.63, 3.8) is 0 Å². The molecule has 1 fully saturated rings. The zero-order chi connectivity index (χ0) is 12.1. The number of piperazine rings is 1. The Kier molecular flexibility index (Phi) is 4.75. The van der Waals surface area contributed by atoms with Gasteiger partial charge in [0.1, 0.15) is 0 Å². The van der Waals surface area contributed by atoms with Crippen LogP contribution in [0.15, 0.2) is 24.3 Å². The van der Waals surface area contributed by atoms with Gasteiger partial charge in [-0.15, -0.1) is 0 Å². The molecule has 0 radical (unpaired) electrons. The Balaban J connectivity index is 1.86. The number of rotatable bonds is 3. The Morgan fingerprint density at radius 3 is 2.76 bits per heavy atom. The number of hydrogen-bond acceptors (Lipinski definition) is 3. The summed E-state index contributed by atoms with van der Waals surface area (Å²) in [5.41, 5.74) is 0.897. The van der Waals surface area contributed by atoms with Crippen molar-refractivity contribution in [2.45, 2.75) is 0 Å². The van der Waals surface area contributed by atoms with Gasteiger partial charge in [-0.05, 0) is 34.7 Å². The zero-order valence-corrected chi connectivity index (χ0v) is 11.7. The van der Waals surface area contributed by atoms with Crippen molar-refractivity contribution in [1.29, 1.82) is 0 Å². The monoisotopic (exact) mass is 345 g/mol. The molecule has 1 saturated heterocycles. The topological polar surface area (TPSA) is 44.4 Å². The fraction of sp³-hybridized carbons (Fsp3) is 0.417. The zero-order valence-electron chi connectivity index (χ0n) is 9.58. The number of carbonyl (C=O) groups is 1. The van der Waals surface area contributed by atoms with Crippen LogP contribution in [-0.4, -0.2) is 43.5 Å². The van der Waals surface area contributed by atoms with E-state index in [4.69, 9.17) is 0 Å². The molecule has 92 valence electrons. The van der Waals surface area contributed by atoms with Crippen LogP contribution in [-0.2, 0) is 4.79 Å². The maximum atomic E-state index is 11.9. The van der Waals surface area contributed by atoms with Gasteiger partial charge in [-0.25, -0.2) is 0 Å². The Morgan fingerprint density at radius 2 is 2.06 bits per heavy atom. The number of benzene rings is 1. The number of halogens is 1. The van der Waals surface area contributed by atoms with Crippen LogP contribution in [0, 0.1) is 3.57 Å². The average Bonchev–Trinajstić information content (AvgIpc) is 2.33. The van der Waals surface area contributed by atoms with Crippen LogP contribution in [0.4, 0.5) is 5.69 Å². The lowest BCUT2D eigenvalue weighted by molar-refractivity contribution is -0.117. The molecule has 1 aromatic carbocycles. The standard InChI is InChI=1S/C12H16IN3O/c13-10-3-1-2-4-11(10)15-12(17)9-16-7-5-14-6-8-16/h1-4,14H,5-9H2,(H,15,17). The number of hydrogen-bond donors (Lipinski definition) is 2. The molecule has 1 aliphatic heterocycles. The van der Waals surface area contributed by atoms with E-state index in [1.165, 1.54) is 0 Å². The smallest absolute Gasteiger partial charge is 0.238 e. The van der Waals surface area contributed by atoms with Gasteiger partial charge >= 0.3 is 0 Å². The van der Waals surface area contributed by atoms with E-state index in [0.29, 0.717) is 6.54 Å². The van der Waals surface area contributed by atoms with Gasteiger partial charge in [-0.3, -0.25) is 9.69 Å². The van der Waals surface area contributed by atoms with Crippen molar-refractivity contribution >= 4 is 34.2 Å². The first-order valence-electron chi connectivity index (χ1n) is 5.73. The quantitative estimate of drug-likeness (QED) is 0.808. The predicted octanol–water partition coefficient (Wildman–Crippen LogP) is 1.13. The fourth-order valence-corrected chi connectivity index (χ4v) is 2.35. The van der Waals surface area contributed by atoms with Gasteiger partial charge in [0, 0.05) is 29.7 Å². The van der Waals surface area contributed by atoms with Gasteiger partial charge in [0.2, 0.25) is 5.91 Å². The van der Waals surface area contributed by atoms with Crippen molar-refractivity contribution in [3.05, 3.63) is 27.8 Å². The number of nitrogens with zero attached hydrogens (tertiary/aromatic N) is 1. The van der Waals surface area contributed by atoms with Gasteiger partial charge in [0.15, 0.2) is 0 Å². The summed E-state index contributed by atoms with van der Waals surface area (Å²) in [7, 11) is 0. The first kappa shape index (κ1) is 12.8. The highest BCUT2D eigenvalue weighted by atomic mass is 127. The Labute approximate surface area is 115 Å². The second kappa shape index (κ2) is 6.32. The summed E-state index contributed by atoms with van der Waals surface area (Å²) in [5, 5.41) is 6.22. The van der Waals surface area contributed by atoms with Crippen molar-refractivity contribution < 1.29 is 4.79 Å². The molecular weight excluding hydrogens is 329 g/mol. The summed E-state index contributed by atoms with van der Waals surface area (Å²) in [6, 6.07) is 7.81. The molecule has 0 aliphatic carbocycles. The minimum atomic E-state index is 0.0658. The SMILES string of the molecule is O=C(CN1CCNCC1)Nc1ccccc1I. The lowest BCUT2D eigenvalue weighted by Crippen LogP contribution is -2.46. The number of anilines is 1. The molecule has 1 aromatic rings. The average molecular weight is 345 g/mol. The first-order chi connectivity index (χ1) is 8.25. The van der Waals surface area contributed by atoms with Crippen molar-refractivity contribution in [2.24, 2.45) is 0 Å². The molecular formula is C12H16IN3O. The molecule has 1 aliphatic rings. The Bertz CT molecular complexity index is 391. The third kappa shape index (κ3) is 3.93. The summed E-state index contributed by atoms with van der Waals surface area (Å²) < 4.78 is 1.07. The molecule has 17 heavy (non-hydrogen) atoms. The van der Waals surface area contributed by atoms with Crippen molar-refractivity contribution in [3.8, 4) is 0 Å². The molecule has 0 aromatic heterocycles. The molecule has 0 spiro atoms. The Morgan fingerprint density at radius 1 is 1.35 bits per heavy atom. The van der Waals surface area contributed by atoms with Crippen LogP contribution < -0.4 is 10.6 Å². The van der Waals surface area contributed by atoms with E-state index in [1.807, 2.05) is 24.3 Å². The summed E-state index contributed by atoms with van der Waals surface area (Å²) in [4.78, 5) is 14.0. The van der Waals surface area contributed by atoms with Gasteiger partial charge in [0.25, 0.3) is 0 Å². The molecule has 2 N–H and O–H groups in total. The van der Waals surface area contributed by atoms with Crippen LogP contribution in [0.25, 0.3) is 0 Å². The summed E-state index contributed by atoms with van der Waals surface area (Å²) in [5.74, 6) is 0.0658. The van der Waals surface area contributed by atoms with Gasteiger partial charge in [-0.2, -0.15) is 0 Å². The number of nitrogens with one attached hydrogen (secondary N) is 2. The number of amides is 1. The molecule has 0 saturated carbocycles. The summed E-state index contributed by atoms with van der Waals surface area (Å²) in [6.07, 6.45) is 0. The van der Waals surface area contributed by atoms with Crippen LogP contribution in [0.2, 0.25) is 0 Å². The summed E-state index contributed by atoms with van der Waals surface area (Å²) >= 11 is 2.23. The normalized spacial score (nSPS) is 16.8. The van der Waals surface area contributed by atoms with Crippen molar-refractivity contribution in [2.75, 3.05) is 38.0 Å². The summed E-state index contributed by atoms with van der Waals surface area (Å²) in [6.45, 7) is 4.30. The molecule has 1 amide bonds. The van der Waals surface area contributed by atoms with E-state index in [-0.39, 0.29) is 5.91 Å². The second-order valence-electron chi connectivity index (χ2n) is 4.05. The predicted molar refractivity (Wildman–Crippen MR) is 77.1 cm³/mol.